The zero-order valence-corrected chi connectivity index (χ0v) is 19.1. The standard InChI is InChI=1S/C27H28FNO4/c1-17-23(26(31)33-14-13-32-18-9-5-4-6-10-18)24(19-11-7-8-12-20(19)28)25-21(29-17)15-27(2,3)16-22(25)30/h4-12,24,29H,13-16H2,1-3H3/t24-/m1/s1. The van der Waals surface area contributed by atoms with Crippen molar-refractivity contribution in [1.29, 1.82) is 0 Å². The third-order valence-electron chi connectivity index (χ3n) is 6.00. The number of ether oxygens (including phenoxy) is 2. The number of nitrogens with one attached hydrogen (secondary N) is 1. The summed E-state index contributed by atoms with van der Waals surface area (Å²) in [6.45, 7) is 6.04. The number of carbonyl (C=O) groups is 2. The van der Waals surface area contributed by atoms with E-state index in [1.165, 1.54) is 6.07 Å². The van der Waals surface area contributed by atoms with Crippen LogP contribution in [0.2, 0.25) is 0 Å². The summed E-state index contributed by atoms with van der Waals surface area (Å²) in [4.78, 5) is 26.4. The number of halogens is 1. The van der Waals surface area contributed by atoms with Crippen LogP contribution in [-0.2, 0) is 14.3 Å². The van der Waals surface area contributed by atoms with Crippen molar-refractivity contribution in [3.05, 3.63) is 88.5 Å². The monoisotopic (exact) mass is 449 g/mol. The number of allylic oxidation sites excluding steroid dienone is 3. The second kappa shape index (κ2) is 9.22. The maximum absolute atomic E-state index is 14.9. The van der Waals surface area contributed by atoms with Gasteiger partial charge in [-0.1, -0.05) is 50.2 Å². The number of rotatable bonds is 6. The lowest BCUT2D eigenvalue weighted by molar-refractivity contribution is -0.140. The van der Waals surface area contributed by atoms with Crippen LogP contribution in [0, 0.1) is 11.2 Å². The Labute approximate surface area is 193 Å². The van der Waals surface area contributed by atoms with Gasteiger partial charge in [-0.05, 0) is 37.0 Å². The lowest BCUT2D eigenvalue weighted by atomic mass is 9.68. The Morgan fingerprint density at radius 2 is 1.76 bits per heavy atom. The molecule has 2 aromatic rings. The van der Waals surface area contributed by atoms with E-state index in [4.69, 9.17) is 9.47 Å². The highest BCUT2D eigenvalue weighted by molar-refractivity contribution is 6.04. The summed E-state index contributed by atoms with van der Waals surface area (Å²) in [5, 5.41) is 3.25. The van der Waals surface area contributed by atoms with Gasteiger partial charge in [0.25, 0.3) is 0 Å². The lowest BCUT2D eigenvalue weighted by Gasteiger charge is -2.39. The van der Waals surface area contributed by atoms with E-state index >= 15 is 0 Å². The summed E-state index contributed by atoms with van der Waals surface area (Å²) in [5.74, 6) is -1.26. The SMILES string of the molecule is CC1=C(C(=O)OCCOc2ccccc2)[C@@H](c2ccccc2F)C2=C(CC(C)(C)CC2=O)N1. The molecular formula is C27H28FNO4. The van der Waals surface area contributed by atoms with E-state index in [0.717, 1.165) is 5.70 Å². The summed E-state index contributed by atoms with van der Waals surface area (Å²) in [6, 6.07) is 15.5. The first kappa shape index (κ1) is 22.8. The zero-order chi connectivity index (χ0) is 23.6. The molecular weight excluding hydrogens is 421 g/mol. The highest BCUT2D eigenvalue weighted by Gasteiger charge is 2.43. The first-order valence-electron chi connectivity index (χ1n) is 11.1. The van der Waals surface area contributed by atoms with Gasteiger partial charge < -0.3 is 14.8 Å². The van der Waals surface area contributed by atoms with Gasteiger partial charge in [0.15, 0.2) is 5.78 Å². The molecule has 0 unspecified atom stereocenters. The number of ketones is 1. The number of dihydropyridines is 1. The predicted molar refractivity (Wildman–Crippen MR) is 123 cm³/mol. The molecule has 33 heavy (non-hydrogen) atoms. The third kappa shape index (κ3) is 4.85. The third-order valence-corrected chi connectivity index (χ3v) is 6.00. The van der Waals surface area contributed by atoms with Crippen molar-refractivity contribution in [3.63, 3.8) is 0 Å². The quantitative estimate of drug-likeness (QED) is 0.494. The summed E-state index contributed by atoms with van der Waals surface area (Å²) >= 11 is 0. The maximum Gasteiger partial charge on any atom is 0.336 e. The van der Waals surface area contributed by atoms with E-state index in [2.05, 4.69) is 5.32 Å². The van der Waals surface area contributed by atoms with Gasteiger partial charge in [-0.2, -0.15) is 0 Å². The molecule has 1 atom stereocenters. The largest absolute Gasteiger partial charge is 0.490 e. The molecule has 0 saturated heterocycles. The van der Waals surface area contributed by atoms with Gasteiger partial charge in [0.2, 0.25) is 0 Å². The average Bonchev–Trinajstić information content (AvgIpc) is 2.76. The van der Waals surface area contributed by atoms with Crippen LogP contribution in [0.1, 0.15) is 45.1 Å². The van der Waals surface area contributed by atoms with Gasteiger partial charge in [-0.15, -0.1) is 0 Å². The highest BCUT2D eigenvalue weighted by Crippen LogP contribution is 2.47. The number of esters is 1. The van der Waals surface area contributed by atoms with Gasteiger partial charge >= 0.3 is 5.97 Å². The molecule has 0 radical (unpaired) electrons. The molecule has 6 heteroatoms. The lowest BCUT2D eigenvalue weighted by Crippen LogP contribution is -2.39. The second-order valence-electron chi connectivity index (χ2n) is 9.25. The molecule has 0 bridgehead atoms. The number of carbonyl (C=O) groups excluding carboxylic acids is 2. The Kier molecular flexibility index (Phi) is 6.36. The van der Waals surface area contributed by atoms with Crippen LogP contribution in [0.5, 0.6) is 5.75 Å². The molecule has 5 nitrogen and oxygen atoms in total. The minimum absolute atomic E-state index is 0.0291. The van der Waals surface area contributed by atoms with Crippen molar-refractivity contribution >= 4 is 11.8 Å². The van der Waals surface area contributed by atoms with Crippen molar-refractivity contribution in [3.8, 4) is 5.75 Å². The van der Waals surface area contributed by atoms with Crippen LogP contribution in [0.15, 0.2) is 77.1 Å². The van der Waals surface area contributed by atoms with Crippen LogP contribution >= 0.6 is 0 Å². The fraction of sp³-hybridized carbons (Fsp3) is 0.333. The number of Topliss-reactive ketones (excluding diaryl/α,β-unsaturated/α-hetero) is 1. The fourth-order valence-electron chi connectivity index (χ4n) is 4.62. The molecule has 0 saturated carbocycles. The van der Waals surface area contributed by atoms with Gasteiger partial charge in [-0.3, -0.25) is 4.79 Å². The molecule has 1 aliphatic heterocycles. The second-order valence-corrected chi connectivity index (χ2v) is 9.25. The van der Waals surface area contributed by atoms with Crippen molar-refractivity contribution in [2.24, 2.45) is 5.41 Å². The molecule has 4 rings (SSSR count). The smallest absolute Gasteiger partial charge is 0.336 e. The molecule has 1 heterocycles. The van der Waals surface area contributed by atoms with Crippen LogP contribution in [0.4, 0.5) is 4.39 Å². The van der Waals surface area contributed by atoms with Crippen LogP contribution in [0.3, 0.4) is 0 Å². The van der Waals surface area contributed by atoms with Crippen molar-refractivity contribution in [1.82, 2.24) is 5.32 Å². The van der Waals surface area contributed by atoms with E-state index in [1.807, 2.05) is 44.2 Å². The Morgan fingerprint density at radius 3 is 2.48 bits per heavy atom. The van der Waals surface area contributed by atoms with E-state index < -0.39 is 17.7 Å². The van der Waals surface area contributed by atoms with Crippen LogP contribution in [0.25, 0.3) is 0 Å². The van der Waals surface area contributed by atoms with Gasteiger partial charge in [0, 0.05) is 29.0 Å². The van der Waals surface area contributed by atoms with Crippen LogP contribution < -0.4 is 10.1 Å². The normalized spacial score (nSPS) is 19.6. The predicted octanol–water partition coefficient (Wildman–Crippen LogP) is 5.05. The van der Waals surface area contributed by atoms with E-state index in [9.17, 15) is 14.0 Å². The Balaban J connectivity index is 1.61. The molecule has 2 aliphatic rings. The molecule has 2 aromatic carbocycles. The maximum atomic E-state index is 14.9. The highest BCUT2D eigenvalue weighted by atomic mass is 19.1. The summed E-state index contributed by atoms with van der Waals surface area (Å²) in [7, 11) is 0. The molecule has 0 amide bonds. The topological polar surface area (TPSA) is 64.6 Å². The van der Waals surface area contributed by atoms with Crippen molar-refractivity contribution in [2.45, 2.75) is 39.5 Å². The van der Waals surface area contributed by atoms with E-state index in [1.54, 1.807) is 25.1 Å². The van der Waals surface area contributed by atoms with Crippen LogP contribution in [-0.4, -0.2) is 25.0 Å². The molecule has 0 fully saturated rings. The minimum atomic E-state index is -0.811. The van der Waals surface area contributed by atoms with E-state index in [-0.39, 0.29) is 30.0 Å². The first-order chi connectivity index (χ1) is 15.8. The number of benzene rings is 2. The fourth-order valence-corrected chi connectivity index (χ4v) is 4.62. The summed E-state index contributed by atoms with van der Waals surface area (Å²) < 4.78 is 26.0. The molecule has 172 valence electrons. The molecule has 0 aromatic heterocycles. The molecule has 1 aliphatic carbocycles. The Morgan fingerprint density at radius 1 is 1.06 bits per heavy atom. The Bertz CT molecular complexity index is 1130. The van der Waals surface area contributed by atoms with E-state index in [0.29, 0.717) is 35.4 Å². The average molecular weight is 450 g/mol. The van der Waals surface area contributed by atoms with Gasteiger partial charge in [-0.25, -0.2) is 9.18 Å². The summed E-state index contributed by atoms with van der Waals surface area (Å²) in [5.41, 5.74) is 2.12. The minimum Gasteiger partial charge on any atom is -0.490 e. The van der Waals surface area contributed by atoms with Crippen molar-refractivity contribution in [2.75, 3.05) is 13.2 Å². The van der Waals surface area contributed by atoms with Crippen molar-refractivity contribution < 1.29 is 23.5 Å². The number of para-hydroxylation sites is 1. The number of hydrogen-bond acceptors (Lipinski definition) is 5. The van der Waals surface area contributed by atoms with Gasteiger partial charge in [0.1, 0.15) is 24.8 Å². The Hall–Kier alpha value is -3.41. The molecule has 1 N–H and O–H groups in total. The molecule has 0 spiro atoms. The summed E-state index contributed by atoms with van der Waals surface area (Å²) in [6.07, 6.45) is 0.981. The number of hydrogen-bond donors (Lipinski definition) is 1. The zero-order valence-electron chi connectivity index (χ0n) is 19.1. The first-order valence-corrected chi connectivity index (χ1v) is 11.1. The van der Waals surface area contributed by atoms with Gasteiger partial charge in [0.05, 0.1) is 11.5 Å².